The molecule has 90 valence electrons. The first-order valence-electron chi connectivity index (χ1n) is 5.68. The van der Waals surface area contributed by atoms with Crippen molar-refractivity contribution in [3.05, 3.63) is 22.6 Å². The number of aryl methyl sites for hydroxylation is 1. The van der Waals surface area contributed by atoms with Gasteiger partial charge >= 0.3 is 0 Å². The molecule has 1 aromatic heterocycles. The molecule has 0 spiro atoms. The first-order chi connectivity index (χ1) is 7.77. The Morgan fingerprint density at radius 2 is 2.31 bits per heavy atom. The van der Waals surface area contributed by atoms with Gasteiger partial charge in [0.25, 0.3) is 5.56 Å². The van der Waals surface area contributed by atoms with Crippen LogP contribution >= 0.6 is 0 Å². The third-order valence-corrected chi connectivity index (χ3v) is 2.19. The van der Waals surface area contributed by atoms with Crippen LogP contribution in [0.4, 0.5) is 0 Å². The summed E-state index contributed by atoms with van der Waals surface area (Å²) in [5.74, 6) is 0.520. The molecule has 0 aliphatic heterocycles. The summed E-state index contributed by atoms with van der Waals surface area (Å²) in [6, 6.07) is 1.47. The van der Waals surface area contributed by atoms with Crippen molar-refractivity contribution < 1.29 is 4.74 Å². The fourth-order valence-electron chi connectivity index (χ4n) is 1.25. The van der Waals surface area contributed by atoms with Crippen molar-refractivity contribution in [2.24, 2.45) is 5.73 Å². The van der Waals surface area contributed by atoms with Gasteiger partial charge in [0, 0.05) is 12.6 Å². The zero-order valence-corrected chi connectivity index (χ0v) is 9.69. The van der Waals surface area contributed by atoms with Gasteiger partial charge in [0.05, 0.1) is 12.8 Å². The number of rotatable bonds is 7. The molecular weight excluding hydrogens is 206 g/mol. The number of hydrogen-bond acceptors (Lipinski definition) is 4. The first-order valence-corrected chi connectivity index (χ1v) is 5.68. The van der Waals surface area contributed by atoms with Gasteiger partial charge in [-0.05, 0) is 19.4 Å². The second-order valence-corrected chi connectivity index (χ2v) is 3.60. The van der Waals surface area contributed by atoms with E-state index in [1.807, 2.05) is 0 Å². The number of ether oxygens (including phenoxy) is 1. The van der Waals surface area contributed by atoms with E-state index in [2.05, 4.69) is 12.0 Å². The second kappa shape index (κ2) is 7.00. The molecule has 16 heavy (non-hydrogen) atoms. The lowest BCUT2D eigenvalue weighted by molar-refractivity contribution is 0.309. The van der Waals surface area contributed by atoms with Crippen LogP contribution in [0.3, 0.4) is 0 Å². The van der Waals surface area contributed by atoms with E-state index in [-0.39, 0.29) is 5.56 Å². The SMILES string of the molecule is CCCCn1ncc(OCCCN)cc1=O. The van der Waals surface area contributed by atoms with Gasteiger partial charge in [0.2, 0.25) is 0 Å². The van der Waals surface area contributed by atoms with Gasteiger partial charge in [-0.2, -0.15) is 5.10 Å². The van der Waals surface area contributed by atoms with E-state index in [1.54, 1.807) is 6.20 Å². The molecule has 0 atom stereocenters. The molecule has 2 N–H and O–H groups in total. The first kappa shape index (κ1) is 12.7. The number of nitrogens with two attached hydrogens (primary N) is 1. The summed E-state index contributed by atoms with van der Waals surface area (Å²) in [5, 5.41) is 4.04. The van der Waals surface area contributed by atoms with Gasteiger partial charge < -0.3 is 10.5 Å². The Bertz CT molecular complexity index is 362. The van der Waals surface area contributed by atoms with E-state index in [0.29, 0.717) is 25.4 Å². The normalized spacial score (nSPS) is 10.4. The molecule has 0 aliphatic rings. The Labute approximate surface area is 95.2 Å². The van der Waals surface area contributed by atoms with Gasteiger partial charge in [-0.1, -0.05) is 13.3 Å². The van der Waals surface area contributed by atoms with E-state index < -0.39 is 0 Å². The van der Waals surface area contributed by atoms with Crippen LogP contribution in [0, 0.1) is 0 Å². The van der Waals surface area contributed by atoms with Crippen LogP contribution in [0.15, 0.2) is 17.1 Å². The molecule has 0 amide bonds. The maximum Gasteiger partial charge on any atom is 0.270 e. The molecule has 0 saturated carbocycles. The topological polar surface area (TPSA) is 70.1 Å². The van der Waals surface area contributed by atoms with Crippen molar-refractivity contribution in [2.75, 3.05) is 13.2 Å². The Morgan fingerprint density at radius 1 is 1.50 bits per heavy atom. The van der Waals surface area contributed by atoms with Crippen LogP contribution in [0.2, 0.25) is 0 Å². The van der Waals surface area contributed by atoms with Gasteiger partial charge in [-0.25, -0.2) is 4.68 Å². The van der Waals surface area contributed by atoms with Crippen LogP contribution < -0.4 is 16.0 Å². The summed E-state index contributed by atoms with van der Waals surface area (Å²) in [6.07, 6.45) is 4.36. The smallest absolute Gasteiger partial charge is 0.270 e. The minimum absolute atomic E-state index is 0.112. The molecule has 0 fully saturated rings. The van der Waals surface area contributed by atoms with Crippen LogP contribution in [-0.4, -0.2) is 22.9 Å². The Balaban J connectivity index is 2.56. The van der Waals surface area contributed by atoms with E-state index in [1.165, 1.54) is 10.7 Å². The molecule has 5 nitrogen and oxygen atoms in total. The lowest BCUT2D eigenvalue weighted by atomic mass is 10.3. The van der Waals surface area contributed by atoms with Crippen molar-refractivity contribution in [2.45, 2.75) is 32.7 Å². The zero-order valence-electron chi connectivity index (χ0n) is 9.69. The minimum Gasteiger partial charge on any atom is -0.492 e. The molecule has 1 heterocycles. The number of aromatic nitrogens is 2. The van der Waals surface area contributed by atoms with Crippen molar-refractivity contribution in [3.8, 4) is 5.75 Å². The quantitative estimate of drug-likeness (QED) is 0.696. The summed E-state index contributed by atoms with van der Waals surface area (Å²) in [4.78, 5) is 11.6. The minimum atomic E-state index is -0.112. The number of nitrogens with zero attached hydrogens (tertiary/aromatic N) is 2. The largest absolute Gasteiger partial charge is 0.492 e. The van der Waals surface area contributed by atoms with Crippen molar-refractivity contribution >= 4 is 0 Å². The molecule has 0 bridgehead atoms. The standard InChI is InChI=1S/C11H19N3O2/c1-2-3-6-14-11(15)8-10(9-13-14)16-7-4-5-12/h8-9H,2-7,12H2,1H3. The van der Waals surface area contributed by atoms with E-state index >= 15 is 0 Å². The third-order valence-electron chi connectivity index (χ3n) is 2.19. The lowest BCUT2D eigenvalue weighted by Gasteiger charge is -2.06. The highest BCUT2D eigenvalue weighted by atomic mass is 16.5. The Kier molecular flexibility index (Phi) is 5.56. The molecule has 0 aromatic carbocycles. The van der Waals surface area contributed by atoms with Crippen molar-refractivity contribution in [1.29, 1.82) is 0 Å². The van der Waals surface area contributed by atoms with Crippen LogP contribution in [0.5, 0.6) is 5.75 Å². The number of hydrogen-bond donors (Lipinski definition) is 1. The Hall–Kier alpha value is -1.36. The highest BCUT2D eigenvalue weighted by molar-refractivity contribution is 5.13. The summed E-state index contributed by atoms with van der Waals surface area (Å²) >= 11 is 0. The summed E-state index contributed by atoms with van der Waals surface area (Å²) in [6.45, 7) is 3.85. The molecule has 0 aliphatic carbocycles. The van der Waals surface area contributed by atoms with E-state index in [4.69, 9.17) is 10.5 Å². The fourth-order valence-corrected chi connectivity index (χ4v) is 1.25. The van der Waals surface area contributed by atoms with E-state index in [0.717, 1.165) is 19.3 Å². The molecule has 0 unspecified atom stereocenters. The predicted octanol–water partition coefficient (Wildman–Crippen LogP) is 0.771. The fraction of sp³-hybridized carbons (Fsp3) is 0.636. The zero-order chi connectivity index (χ0) is 11.8. The number of unbranched alkanes of at least 4 members (excludes halogenated alkanes) is 1. The van der Waals surface area contributed by atoms with E-state index in [9.17, 15) is 4.79 Å². The van der Waals surface area contributed by atoms with Gasteiger partial charge in [-0.3, -0.25) is 4.79 Å². The molecule has 1 rings (SSSR count). The summed E-state index contributed by atoms with van der Waals surface area (Å²) in [7, 11) is 0. The van der Waals surface area contributed by atoms with Gasteiger partial charge in [-0.15, -0.1) is 0 Å². The van der Waals surface area contributed by atoms with Crippen molar-refractivity contribution in [3.63, 3.8) is 0 Å². The van der Waals surface area contributed by atoms with Gasteiger partial charge in [0.15, 0.2) is 0 Å². The monoisotopic (exact) mass is 225 g/mol. The second-order valence-electron chi connectivity index (χ2n) is 3.60. The maximum atomic E-state index is 11.6. The highest BCUT2D eigenvalue weighted by Gasteiger charge is 2.00. The predicted molar refractivity (Wildman–Crippen MR) is 62.6 cm³/mol. The highest BCUT2D eigenvalue weighted by Crippen LogP contribution is 2.03. The van der Waals surface area contributed by atoms with Crippen LogP contribution in [-0.2, 0) is 6.54 Å². The molecule has 0 radical (unpaired) electrons. The lowest BCUT2D eigenvalue weighted by Crippen LogP contribution is -2.22. The van der Waals surface area contributed by atoms with Crippen LogP contribution in [0.1, 0.15) is 26.2 Å². The Morgan fingerprint density at radius 3 is 2.94 bits per heavy atom. The molecule has 5 heteroatoms. The molecular formula is C11H19N3O2. The summed E-state index contributed by atoms with van der Waals surface area (Å²) < 4.78 is 6.79. The third kappa shape index (κ3) is 4.02. The molecule has 0 saturated heterocycles. The van der Waals surface area contributed by atoms with Crippen LogP contribution in [0.25, 0.3) is 0 Å². The average Bonchev–Trinajstić information content (AvgIpc) is 2.28. The average molecular weight is 225 g/mol. The molecule has 1 aromatic rings. The van der Waals surface area contributed by atoms with Crippen molar-refractivity contribution in [1.82, 2.24) is 9.78 Å². The van der Waals surface area contributed by atoms with Gasteiger partial charge in [0.1, 0.15) is 5.75 Å². The summed E-state index contributed by atoms with van der Waals surface area (Å²) in [5.41, 5.74) is 5.23. The maximum absolute atomic E-state index is 11.6.